The van der Waals surface area contributed by atoms with Crippen molar-refractivity contribution in [3.05, 3.63) is 70.4 Å². The standard InChI is InChI=1S/C20H20N4O2S2/c1-13-9-10-18(14(2)11-13)28(25,26)21-12-17-19(16-7-5-4-6-8-16)22-20-24(17)23-15(3)27-20/h4-11,21H,12H2,1-3H3. The number of hydrogen-bond donors (Lipinski definition) is 1. The molecule has 6 nitrogen and oxygen atoms in total. The lowest BCUT2D eigenvalue weighted by Crippen LogP contribution is -2.25. The summed E-state index contributed by atoms with van der Waals surface area (Å²) >= 11 is 1.48. The Bertz CT molecular complexity index is 1260. The Hall–Kier alpha value is -2.55. The van der Waals surface area contributed by atoms with Crippen molar-refractivity contribution in [2.75, 3.05) is 0 Å². The molecule has 4 rings (SSSR count). The van der Waals surface area contributed by atoms with Crippen molar-refractivity contribution in [2.45, 2.75) is 32.2 Å². The lowest BCUT2D eigenvalue weighted by atomic mass is 10.1. The maximum atomic E-state index is 12.9. The van der Waals surface area contributed by atoms with Crippen LogP contribution < -0.4 is 4.72 Å². The van der Waals surface area contributed by atoms with Crippen LogP contribution in [0.2, 0.25) is 0 Å². The van der Waals surface area contributed by atoms with Gasteiger partial charge in [0.05, 0.1) is 22.8 Å². The molecule has 2 heterocycles. The summed E-state index contributed by atoms with van der Waals surface area (Å²) in [5.41, 5.74) is 4.14. The predicted octanol–water partition coefficient (Wildman–Crippen LogP) is 3.86. The number of benzene rings is 2. The van der Waals surface area contributed by atoms with Gasteiger partial charge in [0.2, 0.25) is 15.0 Å². The fourth-order valence-electron chi connectivity index (χ4n) is 3.21. The normalized spacial score (nSPS) is 12.0. The van der Waals surface area contributed by atoms with Crippen LogP contribution in [0.1, 0.15) is 21.8 Å². The lowest BCUT2D eigenvalue weighted by Gasteiger charge is -2.10. The number of sulfonamides is 1. The van der Waals surface area contributed by atoms with Gasteiger partial charge in [-0.2, -0.15) is 5.10 Å². The lowest BCUT2D eigenvalue weighted by molar-refractivity contribution is 0.579. The average molecular weight is 413 g/mol. The number of rotatable bonds is 5. The second-order valence-corrected chi connectivity index (χ2v) is 9.58. The Morgan fingerprint density at radius 2 is 1.82 bits per heavy atom. The first-order chi connectivity index (χ1) is 13.3. The van der Waals surface area contributed by atoms with E-state index in [1.807, 2.05) is 50.2 Å². The van der Waals surface area contributed by atoms with E-state index in [1.54, 1.807) is 23.6 Å². The molecule has 144 valence electrons. The van der Waals surface area contributed by atoms with Crippen LogP contribution >= 0.6 is 11.3 Å². The molecule has 2 aromatic carbocycles. The Kier molecular flexibility index (Phi) is 4.78. The first kappa shape index (κ1) is 18.8. The minimum Gasteiger partial charge on any atom is -0.217 e. The van der Waals surface area contributed by atoms with E-state index < -0.39 is 10.0 Å². The van der Waals surface area contributed by atoms with Gasteiger partial charge in [0.25, 0.3) is 0 Å². The van der Waals surface area contributed by atoms with Gasteiger partial charge in [-0.1, -0.05) is 59.4 Å². The number of nitrogens with zero attached hydrogens (tertiary/aromatic N) is 3. The molecular formula is C20H20N4O2S2. The van der Waals surface area contributed by atoms with Gasteiger partial charge in [-0.05, 0) is 32.4 Å². The Labute approximate surface area is 167 Å². The van der Waals surface area contributed by atoms with E-state index >= 15 is 0 Å². The predicted molar refractivity (Wildman–Crippen MR) is 111 cm³/mol. The number of aromatic nitrogens is 3. The van der Waals surface area contributed by atoms with E-state index in [-0.39, 0.29) is 11.4 Å². The first-order valence-electron chi connectivity index (χ1n) is 8.82. The van der Waals surface area contributed by atoms with Gasteiger partial charge in [-0.3, -0.25) is 0 Å². The molecule has 0 unspecified atom stereocenters. The molecule has 1 N–H and O–H groups in total. The molecule has 0 fully saturated rings. The SMILES string of the molecule is Cc1ccc(S(=O)(=O)NCc2c(-c3ccccc3)nc3sc(C)nn23)c(C)c1. The molecule has 2 aromatic heterocycles. The fraction of sp³-hybridized carbons (Fsp3) is 0.200. The van der Waals surface area contributed by atoms with E-state index in [2.05, 4.69) is 9.82 Å². The summed E-state index contributed by atoms with van der Waals surface area (Å²) in [4.78, 5) is 5.72. The van der Waals surface area contributed by atoms with E-state index in [9.17, 15) is 8.42 Å². The Balaban J connectivity index is 1.73. The smallest absolute Gasteiger partial charge is 0.217 e. The number of nitrogens with one attached hydrogen (secondary N) is 1. The maximum absolute atomic E-state index is 12.9. The zero-order chi connectivity index (χ0) is 19.9. The zero-order valence-electron chi connectivity index (χ0n) is 15.8. The summed E-state index contributed by atoms with van der Waals surface area (Å²) in [7, 11) is -3.66. The van der Waals surface area contributed by atoms with E-state index in [0.717, 1.165) is 38.0 Å². The highest BCUT2D eigenvalue weighted by molar-refractivity contribution is 7.89. The van der Waals surface area contributed by atoms with E-state index in [4.69, 9.17) is 4.98 Å². The third-order valence-corrected chi connectivity index (χ3v) is 6.88. The van der Waals surface area contributed by atoms with Gasteiger partial charge >= 0.3 is 0 Å². The van der Waals surface area contributed by atoms with Gasteiger partial charge in [0.15, 0.2) is 0 Å². The minimum atomic E-state index is -3.66. The summed E-state index contributed by atoms with van der Waals surface area (Å²) in [5.74, 6) is 0. The monoisotopic (exact) mass is 412 g/mol. The first-order valence-corrected chi connectivity index (χ1v) is 11.1. The number of fused-ring (bicyclic) bond motifs is 1. The van der Waals surface area contributed by atoms with Crippen molar-refractivity contribution in [2.24, 2.45) is 0 Å². The van der Waals surface area contributed by atoms with Crippen molar-refractivity contribution in [1.82, 2.24) is 19.3 Å². The Morgan fingerprint density at radius 3 is 2.54 bits per heavy atom. The topological polar surface area (TPSA) is 76.4 Å². The van der Waals surface area contributed by atoms with Gasteiger partial charge in [-0.15, -0.1) is 0 Å². The van der Waals surface area contributed by atoms with Gasteiger partial charge in [0.1, 0.15) is 5.01 Å². The summed E-state index contributed by atoms with van der Waals surface area (Å²) in [6.07, 6.45) is 0. The molecule has 8 heteroatoms. The van der Waals surface area contributed by atoms with Crippen molar-refractivity contribution >= 4 is 26.3 Å². The highest BCUT2D eigenvalue weighted by atomic mass is 32.2. The molecule has 0 aliphatic heterocycles. The molecule has 0 radical (unpaired) electrons. The molecule has 4 aromatic rings. The largest absolute Gasteiger partial charge is 0.241 e. The van der Waals surface area contributed by atoms with Crippen LogP contribution in [0.25, 0.3) is 16.2 Å². The molecule has 0 spiro atoms. The van der Waals surface area contributed by atoms with Gasteiger partial charge < -0.3 is 0 Å². The highest BCUT2D eigenvalue weighted by Gasteiger charge is 2.21. The van der Waals surface area contributed by atoms with Crippen LogP contribution in [0, 0.1) is 20.8 Å². The molecule has 0 saturated heterocycles. The van der Waals surface area contributed by atoms with Crippen LogP contribution in [-0.4, -0.2) is 23.0 Å². The summed E-state index contributed by atoms with van der Waals surface area (Å²) in [5, 5.41) is 5.38. The highest BCUT2D eigenvalue weighted by Crippen LogP contribution is 2.27. The second-order valence-electron chi connectivity index (χ2n) is 6.68. The number of imidazole rings is 1. The van der Waals surface area contributed by atoms with Crippen molar-refractivity contribution in [1.29, 1.82) is 0 Å². The molecular weight excluding hydrogens is 392 g/mol. The van der Waals surface area contributed by atoms with Crippen LogP contribution in [0.4, 0.5) is 0 Å². The quantitative estimate of drug-likeness (QED) is 0.540. The summed E-state index contributed by atoms with van der Waals surface area (Å²) < 4.78 is 30.2. The Morgan fingerprint density at radius 1 is 1.07 bits per heavy atom. The van der Waals surface area contributed by atoms with Crippen molar-refractivity contribution < 1.29 is 8.42 Å². The van der Waals surface area contributed by atoms with Crippen molar-refractivity contribution in [3.63, 3.8) is 0 Å². The van der Waals surface area contributed by atoms with Crippen LogP contribution in [0.15, 0.2) is 53.4 Å². The van der Waals surface area contributed by atoms with E-state index in [1.165, 1.54) is 11.3 Å². The van der Waals surface area contributed by atoms with Gasteiger partial charge in [-0.25, -0.2) is 22.6 Å². The average Bonchev–Trinajstić information content (AvgIpc) is 3.16. The van der Waals surface area contributed by atoms with E-state index in [0.29, 0.717) is 0 Å². The van der Waals surface area contributed by atoms with Crippen LogP contribution in [0.5, 0.6) is 0 Å². The van der Waals surface area contributed by atoms with Crippen molar-refractivity contribution in [3.8, 4) is 11.3 Å². The second kappa shape index (κ2) is 7.12. The summed E-state index contributed by atoms with van der Waals surface area (Å²) in [6.45, 7) is 5.75. The molecule has 0 aliphatic carbocycles. The number of aryl methyl sites for hydroxylation is 3. The van der Waals surface area contributed by atoms with Gasteiger partial charge in [0, 0.05) is 5.56 Å². The van der Waals surface area contributed by atoms with Crippen LogP contribution in [0.3, 0.4) is 0 Å². The fourth-order valence-corrected chi connectivity index (χ4v) is 5.19. The minimum absolute atomic E-state index is 0.101. The zero-order valence-corrected chi connectivity index (χ0v) is 17.4. The van der Waals surface area contributed by atoms with Crippen LogP contribution in [-0.2, 0) is 16.6 Å². The molecule has 0 bridgehead atoms. The molecule has 0 saturated carbocycles. The summed E-state index contributed by atoms with van der Waals surface area (Å²) in [6, 6.07) is 15.0. The molecule has 28 heavy (non-hydrogen) atoms. The molecule has 0 amide bonds. The third-order valence-electron chi connectivity index (χ3n) is 4.49. The third kappa shape index (κ3) is 3.46. The molecule has 0 aliphatic rings. The number of hydrogen-bond acceptors (Lipinski definition) is 5. The maximum Gasteiger partial charge on any atom is 0.241 e. The molecule has 0 atom stereocenters.